The first-order chi connectivity index (χ1) is 1.73. The van der Waals surface area contributed by atoms with Crippen molar-refractivity contribution in [1.29, 1.82) is 0 Å². The normalized spacial score (nSPS) is 4.00. The van der Waals surface area contributed by atoms with Gasteiger partial charge in [-0.1, -0.05) is 0 Å². The van der Waals surface area contributed by atoms with Crippen molar-refractivity contribution < 1.29 is 33.1 Å². The first kappa shape index (κ1) is 17.3. The van der Waals surface area contributed by atoms with Crippen LogP contribution >= 0.6 is 0 Å². The monoisotopic (exact) mass is 133 g/mol. The van der Waals surface area contributed by atoms with Gasteiger partial charge < -0.3 is 10.7 Å². The Labute approximate surface area is 44.1 Å². The van der Waals surface area contributed by atoms with E-state index in [1.54, 1.807) is 0 Å². The molecule has 0 aromatic rings. The minimum Gasteiger partial charge on any atom is -0.412 e. The predicted octanol–water partition coefficient (Wildman–Crippen LogP) is -1.17. The topological polar surface area (TPSA) is 94.9 Å². The third-order valence-electron chi connectivity index (χ3n) is 0. The van der Waals surface area contributed by atoms with Crippen molar-refractivity contribution in [3.8, 4) is 0 Å². The van der Waals surface area contributed by atoms with E-state index in [1.165, 1.54) is 0 Å². The van der Waals surface area contributed by atoms with Crippen LogP contribution in [0.25, 0.3) is 0 Å². The summed E-state index contributed by atoms with van der Waals surface area (Å²) < 4.78 is 0. The summed E-state index contributed by atoms with van der Waals surface area (Å²) in [6.07, 6.45) is 0. The Bertz CT molecular complexity index is 30.5. The van der Waals surface area contributed by atoms with E-state index in [-0.39, 0.29) is 22.8 Å². The van der Waals surface area contributed by atoms with Crippen molar-refractivity contribution >= 4 is 0 Å². The maximum absolute atomic E-state index is 8.36. The molecule has 0 aromatic heterocycles. The van der Waals surface area contributed by atoms with E-state index >= 15 is 0 Å². The molecule has 0 heterocycles. The molecule has 0 spiro atoms. The molecule has 0 fully saturated rings. The predicted molar refractivity (Wildman–Crippen MR) is 12.4 cm³/mol. The van der Waals surface area contributed by atoms with E-state index in [9.17, 15) is 0 Å². The Balaban J connectivity index is -0.0000000450. The van der Waals surface area contributed by atoms with Crippen molar-refractivity contribution in [2.45, 2.75) is 0 Å². The second-order valence-corrected chi connectivity index (χ2v) is 0.238. The van der Waals surface area contributed by atoms with Crippen LogP contribution in [0.5, 0.6) is 0 Å². The Morgan fingerprint density at radius 2 is 1.67 bits per heavy atom. The summed E-state index contributed by atoms with van der Waals surface area (Å²) in [6, 6.07) is 0. The average Bonchev–Trinajstić information content (AvgIpc) is 0.811. The summed E-state index contributed by atoms with van der Waals surface area (Å²) in [5, 5.41) is 13.6. The molecule has 0 aromatic carbocycles. The van der Waals surface area contributed by atoms with Crippen molar-refractivity contribution in [1.82, 2.24) is 0 Å². The van der Waals surface area contributed by atoms with Gasteiger partial charge in [0.25, 0.3) is 5.09 Å². The van der Waals surface area contributed by atoms with Gasteiger partial charge in [-0.25, -0.2) is 0 Å². The van der Waals surface area contributed by atoms with Crippen molar-refractivity contribution in [2.24, 2.45) is 0 Å². The summed E-state index contributed by atoms with van der Waals surface area (Å²) in [5.74, 6) is 0. The minimum absolute atomic E-state index is 0. The molecular weight excluding hydrogens is 130 g/mol. The molecule has 0 atom stereocenters. The second kappa shape index (κ2) is 8.83. The largest absolute Gasteiger partial charge is 0.412 e. The quantitative estimate of drug-likeness (QED) is 0.333. The summed E-state index contributed by atoms with van der Waals surface area (Å²) in [6.45, 7) is 0. The van der Waals surface area contributed by atoms with Gasteiger partial charge in [-0.15, -0.1) is 10.1 Å². The SMILES string of the molecule is O.O=[N+]([O-])O.[Cr]. The second-order valence-electron chi connectivity index (χ2n) is 0.238. The van der Waals surface area contributed by atoms with Gasteiger partial charge in [0.1, 0.15) is 0 Å². The number of hydrogen-bond donors (Lipinski definition) is 1. The Morgan fingerprint density at radius 3 is 1.67 bits per heavy atom. The fourth-order valence-corrected chi connectivity index (χ4v) is 0. The third-order valence-corrected chi connectivity index (χ3v) is 0. The fraction of sp³-hybridized carbons (Fsp3) is 0. The Hall–Kier alpha value is -0.308. The van der Waals surface area contributed by atoms with Crippen LogP contribution in [-0.4, -0.2) is 15.8 Å². The number of rotatable bonds is 0. The molecule has 5 nitrogen and oxygen atoms in total. The van der Waals surface area contributed by atoms with Gasteiger partial charge in [0.05, 0.1) is 0 Å². The van der Waals surface area contributed by atoms with Crippen LogP contribution in [0.1, 0.15) is 0 Å². The summed E-state index contributed by atoms with van der Waals surface area (Å²) in [4.78, 5) is 8.36. The van der Waals surface area contributed by atoms with Gasteiger partial charge in [0.15, 0.2) is 0 Å². The smallest absolute Gasteiger partial charge is 0.291 e. The van der Waals surface area contributed by atoms with Crippen LogP contribution in [0.2, 0.25) is 0 Å². The molecule has 0 saturated heterocycles. The zero-order valence-electron chi connectivity index (χ0n) is 2.62. The molecule has 3 N–H and O–H groups in total. The summed E-state index contributed by atoms with van der Waals surface area (Å²) in [7, 11) is 0. The third kappa shape index (κ3) is 283. The van der Waals surface area contributed by atoms with Crippen molar-refractivity contribution in [2.75, 3.05) is 0 Å². The van der Waals surface area contributed by atoms with Crippen LogP contribution in [0.15, 0.2) is 0 Å². The molecule has 38 valence electrons. The first-order valence-corrected chi connectivity index (χ1v) is 0.565. The van der Waals surface area contributed by atoms with Crippen molar-refractivity contribution in [3.63, 3.8) is 0 Å². The van der Waals surface area contributed by atoms with E-state index in [2.05, 4.69) is 0 Å². The number of hydrogen-bond acceptors (Lipinski definition) is 2. The molecule has 6 heavy (non-hydrogen) atoms. The fourth-order valence-electron chi connectivity index (χ4n) is 0. The zero-order valence-corrected chi connectivity index (χ0v) is 3.89. The maximum Gasteiger partial charge on any atom is 0.291 e. The molecule has 0 aliphatic rings. The van der Waals surface area contributed by atoms with Crippen LogP contribution in [0.3, 0.4) is 0 Å². The first-order valence-electron chi connectivity index (χ1n) is 0.565. The zero-order chi connectivity index (χ0) is 3.58. The van der Waals surface area contributed by atoms with Gasteiger partial charge in [0, 0.05) is 17.4 Å². The molecule has 0 amide bonds. The molecular formula is H3CrNO4. The van der Waals surface area contributed by atoms with E-state index in [1.807, 2.05) is 0 Å². The van der Waals surface area contributed by atoms with Crippen LogP contribution in [0, 0.1) is 10.1 Å². The van der Waals surface area contributed by atoms with Crippen LogP contribution in [-0.2, 0) is 17.4 Å². The molecule has 0 aliphatic heterocycles. The summed E-state index contributed by atoms with van der Waals surface area (Å²) in [5.41, 5.74) is 0. The molecule has 0 bridgehead atoms. The van der Waals surface area contributed by atoms with E-state index in [4.69, 9.17) is 15.3 Å². The van der Waals surface area contributed by atoms with Gasteiger partial charge in [0.2, 0.25) is 0 Å². The standard InChI is InChI=1S/Cr.HNO3.H2O/c;2-1(3)4;/h;(H,2,3,4);1H2. The minimum atomic E-state index is -1.50. The van der Waals surface area contributed by atoms with E-state index in [0.29, 0.717) is 0 Å². The van der Waals surface area contributed by atoms with Gasteiger partial charge in [-0.2, -0.15) is 0 Å². The van der Waals surface area contributed by atoms with Gasteiger partial charge in [-0.05, 0) is 0 Å². The Morgan fingerprint density at radius 1 is 1.67 bits per heavy atom. The Kier molecular flexibility index (Phi) is 25.4. The summed E-state index contributed by atoms with van der Waals surface area (Å²) >= 11 is 0. The molecule has 0 radical (unpaired) electrons. The number of nitrogens with zero attached hydrogens (tertiary/aromatic N) is 1. The molecule has 0 saturated carbocycles. The van der Waals surface area contributed by atoms with Crippen LogP contribution in [0.4, 0.5) is 0 Å². The molecule has 6 heteroatoms. The maximum atomic E-state index is 8.36. The van der Waals surface area contributed by atoms with Gasteiger partial charge >= 0.3 is 0 Å². The molecule has 0 rings (SSSR count). The molecule has 0 aliphatic carbocycles. The van der Waals surface area contributed by atoms with E-state index < -0.39 is 5.09 Å². The molecule has 0 unspecified atom stereocenters. The van der Waals surface area contributed by atoms with Gasteiger partial charge in [-0.3, -0.25) is 0 Å². The van der Waals surface area contributed by atoms with Crippen molar-refractivity contribution in [3.05, 3.63) is 10.1 Å². The average molecular weight is 133 g/mol. The van der Waals surface area contributed by atoms with Crippen LogP contribution < -0.4 is 0 Å². The van der Waals surface area contributed by atoms with E-state index in [0.717, 1.165) is 0 Å².